The second-order valence-electron chi connectivity index (χ2n) is 5.59. The second-order valence-corrected chi connectivity index (χ2v) is 6.59. The third kappa shape index (κ3) is 2.35. The van der Waals surface area contributed by atoms with Gasteiger partial charge >= 0.3 is 0 Å². The quantitative estimate of drug-likeness (QED) is 0.592. The summed E-state index contributed by atoms with van der Waals surface area (Å²) < 4.78 is 6.41. The molecule has 0 saturated carbocycles. The Hall–Kier alpha value is -2.73. The molecule has 4 rings (SSSR count). The highest BCUT2D eigenvalue weighted by atomic mass is 32.1. The van der Waals surface area contributed by atoms with E-state index in [0.717, 1.165) is 43.4 Å². The predicted octanol–water partition coefficient (Wildman–Crippen LogP) is 4.61. The van der Waals surface area contributed by atoms with Gasteiger partial charge in [-0.3, -0.25) is 0 Å². The summed E-state index contributed by atoms with van der Waals surface area (Å²) >= 11 is 1.61. The maximum atomic E-state index is 5.41. The maximum Gasteiger partial charge on any atom is 0.152 e. The molecular formula is C18H16N4OS. The van der Waals surface area contributed by atoms with Crippen LogP contribution >= 0.6 is 11.3 Å². The lowest BCUT2D eigenvalue weighted by Crippen LogP contribution is -1.97. The van der Waals surface area contributed by atoms with Crippen LogP contribution in [0, 0.1) is 13.8 Å². The fourth-order valence-corrected chi connectivity index (χ4v) is 4.07. The summed E-state index contributed by atoms with van der Waals surface area (Å²) in [5.74, 6) is 1.54. The number of para-hydroxylation sites is 2. The van der Waals surface area contributed by atoms with Crippen LogP contribution in [0.1, 0.15) is 11.3 Å². The average Bonchev–Trinajstić information content (AvgIpc) is 2.95. The molecule has 120 valence electrons. The van der Waals surface area contributed by atoms with Crippen molar-refractivity contribution in [1.29, 1.82) is 0 Å². The number of aryl methyl sites for hydroxylation is 2. The Morgan fingerprint density at radius 3 is 2.79 bits per heavy atom. The van der Waals surface area contributed by atoms with E-state index in [1.165, 1.54) is 5.56 Å². The van der Waals surface area contributed by atoms with Gasteiger partial charge in [-0.05, 0) is 37.6 Å². The average molecular weight is 336 g/mol. The summed E-state index contributed by atoms with van der Waals surface area (Å²) in [6, 6.07) is 9.87. The molecule has 0 saturated heterocycles. The fourth-order valence-electron chi connectivity index (χ4n) is 2.87. The molecule has 0 unspecified atom stereocenters. The van der Waals surface area contributed by atoms with Crippen molar-refractivity contribution >= 4 is 43.3 Å². The van der Waals surface area contributed by atoms with E-state index in [-0.39, 0.29) is 0 Å². The zero-order valence-electron chi connectivity index (χ0n) is 13.6. The first kappa shape index (κ1) is 14.8. The van der Waals surface area contributed by atoms with Crippen LogP contribution in [-0.2, 0) is 0 Å². The molecule has 3 heterocycles. The molecule has 0 aliphatic heterocycles. The molecule has 4 aromatic rings. The minimum Gasteiger partial charge on any atom is -0.495 e. The number of benzene rings is 1. The molecule has 0 aliphatic carbocycles. The standard InChI is InChI=1S/C18H16N4OS/c1-10-8-11(2)21-18-14(10)15-16(24-18)17(20-9-19-15)22-12-6-4-5-7-13(12)23-3/h4-9H,1-3H3,(H,19,20,22). The van der Waals surface area contributed by atoms with E-state index in [9.17, 15) is 0 Å². The van der Waals surface area contributed by atoms with E-state index in [1.54, 1.807) is 24.8 Å². The van der Waals surface area contributed by atoms with E-state index in [4.69, 9.17) is 4.74 Å². The zero-order chi connectivity index (χ0) is 16.7. The highest BCUT2D eigenvalue weighted by Gasteiger charge is 2.15. The Kier molecular flexibility index (Phi) is 3.54. The molecule has 5 nitrogen and oxygen atoms in total. The minimum absolute atomic E-state index is 0.768. The molecular weight excluding hydrogens is 320 g/mol. The fraction of sp³-hybridized carbons (Fsp3) is 0.167. The number of hydrogen-bond donors (Lipinski definition) is 1. The third-order valence-electron chi connectivity index (χ3n) is 3.91. The number of ether oxygens (including phenoxy) is 1. The van der Waals surface area contributed by atoms with Gasteiger partial charge in [0.1, 0.15) is 16.9 Å². The van der Waals surface area contributed by atoms with E-state index >= 15 is 0 Å². The molecule has 1 aromatic carbocycles. The van der Waals surface area contributed by atoms with Gasteiger partial charge in [0.05, 0.1) is 23.0 Å². The van der Waals surface area contributed by atoms with Crippen LogP contribution in [0.4, 0.5) is 11.5 Å². The topological polar surface area (TPSA) is 59.9 Å². The monoisotopic (exact) mass is 336 g/mol. The number of rotatable bonds is 3. The third-order valence-corrected chi connectivity index (χ3v) is 4.99. The van der Waals surface area contributed by atoms with E-state index < -0.39 is 0 Å². The smallest absolute Gasteiger partial charge is 0.152 e. The number of fused-ring (bicyclic) bond motifs is 3. The Morgan fingerprint density at radius 2 is 1.96 bits per heavy atom. The number of aromatic nitrogens is 3. The lowest BCUT2D eigenvalue weighted by atomic mass is 10.1. The Morgan fingerprint density at radius 1 is 1.12 bits per heavy atom. The van der Waals surface area contributed by atoms with Gasteiger partial charge in [0.15, 0.2) is 5.82 Å². The van der Waals surface area contributed by atoms with Crippen molar-refractivity contribution in [2.75, 3.05) is 12.4 Å². The summed E-state index contributed by atoms with van der Waals surface area (Å²) in [5, 5.41) is 4.47. The molecule has 6 heteroatoms. The highest BCUT2D eigenvalue weighted by molar-refractivity contribution is 7.26. The second kappa shape index (κ2) is 5.72. The van der Waals surface area contributed by atoms with Crippen molar-refractivity contribution in [3.63, 3.8) is 0 Å². The molecule has 0 amide bonds. The first-order valence-electron chi connectivity index (χ1n) is 7.59. The number of thiophene rings is 1. The van der Waals surface area contributed by atoms with Crippen molar-refractivity contribution < 1.29 is 4.74 Å². The van der Waals surface area contributed by atoms with E-state index in [2.05, 4.69) is 33.3 Å². The van der Waals surface area contributed by atoms with Crippen molar-refractivity contribution in [3.8, 4) is 5.75 Å². The lowest BCUT2D eigenvalue weighted by Gasteiger charge is -2.10. The van der Waals surface area contributed by atoms with E-state index in [1.807, 2.05) is 31.2 Å². The number of hydrogen-bond acceptors (Lipinski definition) is 6. The molecule has 3 aromatic heterocycles. The van der Waals surface area contributed by atoms with Crippen LogP contribution in [-0.4, -0.2) is 22.1 Å². The van der Waals surface area contributed by atoms with E-state index in [0.29, 0.717) is 0 Å². The van der Waals surface area contributed by atoms with Gasteiger partial charge in [0.25, 0.3) is 0 Å². The summed E-state index contributed by atoms with van der Waals surface area (Å²) in [6.07, 6.45) is 1.59. The predicted molar refractivity (Wildman–Crippen MR) is 98.5 cm³/mol. The first-order chi connectivity index (χ1) is 11.7. The first-order valence-corrected chi connectivity index (χ1v) is 8.40. The zero-order valence-corrected chi connectivity index (χ0v) is 14.4. The molecule has 0 spiro atoms. The summed E-state index contributed by atoms with van der Waals surface area (Å²) in [7, 11) is 1.66. The van der Waals surface area contributed by atoms with Crippen LogP contribution in [0.15, 0.2) is 36.7 Å². The van der Waals surface area contributed by atoms with Gasteiger partial charge in [-0.1, -0.05) is 12.1 Å². The van der Waals surface area contributed by atoms with Gasteiger partial charge in [0.2, 0.25) is 0 Å². The number of nitrogens with one attached hydrogen (secondary N) is 1. The van der Waals surface area contributed by atoms with Gasteiger partial charge in [-0.2, -0.15) is 0 Å². The summed E-state index contributed by atoms with van der Waals surface area (Å²) in [6.45, 7) is 4.11. The molecule has 0 aliphatic rings. The highest BCUT2D eigenvalue weighted by Crippen LogP contribution is 2.38. The van der Waals surface area contributed by atoms with Crippen LogP contribution in [0.3, 0.4) is 0 Å². The van der Waals surface area contributed by atoms with Crippen LogP contribution < -0.4 is 10.1 Å². The number of pyridine rings is 1. The number of nitrogens with zero attached hydrogens (tertiary/aromatic N) is 3. The molecule has 0 radical (unpaired) electrons. The molecule has 1 N–H and O–H groups in total. The van der Waals surface area contributed by atoms with Gasteiger partial charge in [-0.15, -0.1) is 11.3 Å². The van der Waals surface area contributed by atoms with Crippen molar-refractivity contribution in [2.24, 2.45) is 0 Å². The molecule has 0 fully saturated rings. The normalized spacial score (nSPS) is 11.1. The largest absolute Gasteiger partial charge is 0.495 e. The minimum atomic E-state index is 0.768. The summed E-state index contributed by atoms with van der Waals surface area (Å²) in [4.78, 5) is 14.6. The Labute approximate surface area is 143 Å². The van der Waals surface area contributed by atoms with Crippen LogP contribution in [0.2, 0.25) is 0 Å². The van der Waals surface area contributed by atoms with Crippen LogP contribution in [0.5, 0.6) is 5.75 Å². The van der Waals surface area contributed by atoms with Crippen molar-refractivity contribution in [1.82, 2.24) is 15.0 Å². The summed E-state index contributed by atoms with van der Waals surface area (Å²) in [5.41, 5.74) is 4.01. The SMILES string of the molecule is COc1ccccc1Nc1ncnc2c1sc1nc(C)cc(C)c12. The molecule has 24 heavy (non-hydrogen) atoms. The van der Waals surface area contributed by atoms with Crippen molar-refractivity contribution in [3.05, 3.63) is 47.9 Å². The molecule has 0 bridgehead atoms. The van der Waals surface area contributed by atoms with Crippen molar-refractivity contribution in [2.45, 2.75) is 13.8 Å². The number of methoxy groups -OCH3 is 1. The van der Waals surface area contributed by atoms with Crippen LogP contribution in [0.25, 0.3) is 20.4 Å². The van der Waals surface area contributed by atoms with Gasteiger partial charge < -0.3 is 10.1 Å². The molecule has 0 atom stereocenters. The van der Waals surface area contributed by atoms with Gasteiger partial charge in [0, 0.05) is 11.1 Å². The Bertz CT molecular complexity index is 1060. The Balaban J connectivity index is 1.92. The van der Waals surface area contributed by atoms with Gasteiger partial charge in [-0.25, -0.2) is 15.0 Å². The maximum absolute atomic E-state index is 5.41. The number of anilines is 2. The lowest BCUT2D eigenvalue weighted by molar-refractivity contribution is 0.417.